The Morgan fingerprint density at radius 1 is 1.24 bits per heavy atom. The molecule has 0 bridgehead atoms. The van der Waals surface area contributed by atoms with Crippen molar-refractivity contribution in [2.24, 2.45) is 5.92 Å². The van der Waals surface area contributed by atoms with E-state index in [1.165, 1.54) is 4.57 Å². The fourth-order valence-corrected chi connectivity index (χ4v) is 4.05. The molecule has 1 N–H and O–H groups in total. The number of anilines is 1. The van der Waals surface area contributed by atoms with Crippen molar-refractivity contribution in [2.75, 3.05) is 18.5 Å². The van der Waals surface area contributed by atoms with Crippen LogP contribution in [0.15, 0.2) is 35.4 Å². The Kier molecular flexibility index (Phi) is 4.26. The van der Waals surface area contributed by atoms with Gasteiger partial charge in [0.2, 0.25) is 5.91 Å². The van der Waals surface area contributed by atoms with Gasteiger partial charge in [-0.3, -0.25) is 9.59 Å². The molecule has 0 saturated carbocycles. The Morgan fingerprint density at radius 3 is 2.93 bits per heavy atom. The van der Waals surface area contributed by atoms with Crippen molar-refractivity contribution < 1.29 is 14.3 Å². The first-order chi connectivity index (χ1) is 14.1. The SMILES string of the molecule is C[C@@H]1CCc2nn3ccn(CC(=O)Nc4ccc5c(c4)OCCO5)c(=O)c3c2C1. The number of fused-ring (bicyclic) bond motifs is 4. The first kappa shape index (κ1) is 17.8. The van der Waals surface area contributed by atoms with Crippen LogP contribution in [0.25, 0.3) is 5.52 Å². The van der Waals surface area contributed by atoms with Crippen LogP contribution in [0, 0.1) is 5.92 Å². The van der Waals surface area contributed by atoms with Crippen LogP contribution in [0.5, 0.6) is 11.5 Å². The summed E-state index contributed by atoms with van der Waals surface area (Å²) in [5.41, 5.74) is 3.02. The summed E-state index contributed by atoms with van der Waals surface area (Å²) in [6.07, 6.45) is 6.18. The number of carbonyl (C=O) groups excluding carboxylic acids is 1. The predicted molar refractivity (Wildman–Crippen MR) is 107 cm³/mol. The van der Waals surface area contributed by atoms with E-state index < -0.39 is 0 Å². The Balaban J connectivity index is 1.39. The molecule has 8 nitrogen and oxygen atoms in total. The lowest BCUT2D eigenvalue weighted by atomic mass is 9.88. The summed E-state index contributed by atoms with van der Waals surface area (Å²) in [5.74, 6) is 1.51. The average Bonchev–Trinajstić information content (AvgIpc) is 3.08. The molecular weight excluding hydrogens is 372 g/mol. The Morgan fingerprint density at radius 2 is 2.07 bits per heavy atom. The molecule has 150 valence electrons. The Labute approximate surface area is 167 Å². The summed E-state index contributed by atoms with van der Waals surface area (Å²) in [5, 5.41) is 7.38. The lowest BCUT2D eigenvalue weighted by Gasteiger charge is -2.19. The normalized spacial score (nSPS) is 17.8. The molecule has 0 spiro atoms. The van der Waals surface area contributed by atoms with Gasteiger partial charge in [0.05, 0.1) is 5.69 Å². The van der Waals surface area contributed by atoms with E-state index in [2.05, 4.69) is 17.3 Å². The number of nitrogens with one attached hydrogen (secondary N) is 1. The highest BCUT2D eigenvalue weighted by molar-refractivity contribution is 5.91. The van der Waals surface area contributed by atoms with E-state index in [9.17, 15) is 9.59 Å². The largest absolute Gasteiger partial charge is 0.486 e. The van der Waals surface area contributed by atoms with E-state index in [0.29, 0.717) is 41.8 Å². The third-order valence-electron chi connectivity index (χ3n) is 5.51. The van der Waals surface area contributed by atoms with Gasteiger partial charge >= 0.3 is 0 Å². The van der Waals surface area contributed by atoms with Crippen molar-refractivity contribution in [1.82, 2.24) is 14.2 Å². The second-order valence-corrected chi connectivity index (χ2v) is 7.70. The standard InChI is InChI=1S/C21H22N4O4/c1-13-2-4-16-15(10-13)20-21(27)24(6-7-25(20)23-16)12-19(26)22-14-3-5-17-18(11-14)29-9-8-28-17/h3,5-7,11,13H,2,4,8-10,12H2,1H3,(H,22,26)/t13-/m1/s1. The molecule has 1 aromatic carbocycles. The Hall–Kier alpha value is -3.29. The minimum atomic E-state index is -0.283. The third-order valence-corrected chi connectivity index (χ3v) is 5.51. The van der Waals surface area contributed by atoms with Crippen molar-refractivity contribution in [3.8, 4) is 11.5 Å². The Bertz CT molecular complexity index is 1160. The molecule has 5 rings (SSSR count). The highest BCUT2D eigenvalue weighted by Crippen LogP contribution is 2.32. The van der Waals surface area contributed by atoms with Gasteiger partial charge in [-0.15, -0.1) is 0 Å². The lowest BCUT2D eigenvalue weighted by molar-refractivity contribution is -0.116. The molecule has 0 saturated heterocycles. The molecule has 2 aromatic heterocycles. The third kappa shape index (κ3) is 3.24. The minimum absolute atomic E-state index is 0.0702. The van der Waals surface area contributed by atoms with Crippen molar-refractivity contribution in [1.29, 1.82) is 0 Å². The van der Waals surface area contributed by atoms with E-state index in [-0.39, 0.29) is 18.0 Å². The highest BCUT2D eigenvalue weighted by atomic mass is 16.6. The van der Waals surface area contributed by atoms with Gasteiger partial charge in [-0.25, -0.2) is 4.52 Å². The van der Waals surface area contributed by atoms with E-state index >= 15 is 0 Å². The van der Waals surface area contributed by atoms with E-state index in [4.69, 9.17) is 9.47 Å². The number of rotatable bonds is 3. The predicted octanol–water partition coefficient (Wildman–Crippen LogP) is 2.03. The second-order valence-electron chi connectivity index (χ2n) is 7.70. The molecule has 1 atom stereocenters. The van der Waals surface area contributed by atoms with Gasteiger partial charge in [0.15, 0.2) is 11.5 Å². The van der Waals surface area contributed by atoms with Crippen LogP contribution in [0.4, 0.5) is 5.69 Å². The molecule has 1 amide bonds. The van der Waals surface area contributed by atoms with Gasteiger partial charge in [-0.1, -0.05) is 6.92 Å². The van der Waals surface area contributed by atoms with Gasteiger partial charge < -0.3 is 19.4 Å². The van der Waals surface area contributed by atoms with E-state index in [0.717, 1.165) is 30.5 Å². The smallest absolute Gasteiger partial charge is 0.277 e. The number of aromatic nitrogens is 3. The van der Waals surface area contributed by atoms with Gasteiger partial charge in [-0.2, -0.15) is 5.10 Å². The quantitative estimate of drug-likeness (QED) is 0.735. The highest BCUT2D eigenvalue weighted by Gasteiger charge is 2.23. The molecule has 0 unspecified atom stereocenters. The van der Waals surface area contributed by atoms with Crippen LogP contribution in [-0.2, 0) is 24.2 Å². The van der Waals surface area contributed by atoms with E-state index in [1.54, 1.807) is 35.1 Å². The molecule has 0 fully saturated rings. The number of nitrogens with zero attached hydrogens (tertiary/aromatic N) is 3. The van der Waals surface area contributed by atoms with Crippen LogP contribution < -0.4 is 20.3 Å². The molecule has 8 heteroatoms. The number of ether oxygens (including phenoxy) is 2. The summed E-state index contributed by atoms with van der Waals surface area (Å²) in [7, 11) is 0. The monoisotopic (exact) mass is 394 g/mol. The maximum absolute atomic E-state index is 13.0. The van der Waals surface area contributed by atoms with Crippen LogP contribution in [0.1, 0.15) is 24.6 Å². The molecule has 3 aromatic rings. The second kappa shape index (κ2) is 6.95. The van der Waals surface area contributed by atoms with Crippen molar-refractivity contribution in [3.63, 3.8) is 0 Å². The maximum Gasteiger partial charge on any atom is 0.277 e. The van der Waals surface area contributed by atoms with Crippen molar-refractivity contribution >= 4 is 17.1 Å². The molecule has 29 heavy (non-hydrogen) atoms. The summed E-state index contributed by atoms with van der Waals surface area (Å²) in [6.45, 7) is 3.11. The van der Waals surface area contributed by atoms with Crippen molar-refractivity contribution in [3.05, 3.63) is 52.2 Å². The number of hydrogen-bond donors (Lipinski definition) is 1. The van der Waals surface area contributed by atoms with Gasteiger partial charge in [0.1, 0.15) is 25.3 Å². The number of aryl methyl sites for hydroxylation is 1. The summed E-state index contributed by atoms with van der Waals surface area (Å²) in [6, 6.07) is 5.25. The maximum atomic E-state index is 13.0. The minimum Gasteiger partial charge on any atom is -0.486 e. The molecule has 1 aliphatic carbocycles. The summed E-state index contributed by atoms with van der Waals surface area (Å²) >= 11 is 0. The van der Waals surface area contributed by atoms with Crippen molar-refractivity contribution in [2.45, 2.75) is 32.7 Å². The first-order valence-electron chi connectivity index (χ1n) is 9.87. The summed E-state index contributed by atoms with van der Waals surface area (Å²) < 4.78 is 14.1. The number of carbonyl (C=O) groups is 1. The lowest BCUT2D eigenvalue weighted by Crippen LogP contribution is -2.29. The van der Waals surface area contributed by atoms with Crippen LogP contribution in [0.3, 0.4) is 0 Å². The molecule has 2 aliphatic rings. The van der Waals surface area contributed by atoms with Gasteiger partial charge in [-0.05, 0) is 37.3 Å². The number of amides is 1. The molecular formula is C21H22N4O4. The van der Waals surface area contributed by atoms with E-state index in [1.807, 2.05) is 0 Å². The zero-order valence-electron chi connectivity index (χ0n) is 16.2. The van der Waals surface area contributed by atoms with Crippen LogP contribution in [-0.4, -0.2) is 33.3 Å². The fraction of sp³-hybridized carbons (Fsp3) is 0.381. The molecule has 3 heterocycles. The zero-order chi connectivity index (χ0) is 20.0. The molecule has 1 aliphatic heterocycles. The van der Waals surface area contributed by atoms with Crippen LogP contribution in [0.2, 0.25) is 0 Å². The fourth-order valence-electron chi connectivity index (χ4n) is 4.05. The first-order valence-corrected chi connectivity index (χ1v) is 9.87. The molecule has 0 radical (unpaired) electrons. The zero-order valence-corrected chi connectivity index (χ0v) is 16.2. The number of benzene rings is 1. The van der Waals surface area contributed by atoms with Crippen LogP contribution >= 0.6 is 0 Å². The van der Waals surface area contributed by atoms with Gasteiger partial charge in [0, 0.05) is 29.7 Å². The van der Waals surface area contributed by atoms with Gasteiger partial charge in [0.25, 0.3) is 5.56 Å². The summed E-state index contributed by atoms with van der Waals surface area (Å²) in [4.78, 5) is 25.6. The number of hydrogen-bond acceptors (Lipinski definition) is 5. The average molecular weight is 394 g/mol. The topological polar surface area (TPSA) is 86.9 Å².